The number of rotatable bonds is 4. The van der Waals surface area contributed by atoms with Crippen molar-refractivity contribution in [3.8, 4) is 33.4 Å². The molecular formula is C23H21NO5S. The Kier molecular flexibility index (Phi) is 4.96. The topological polar surface area (TPSA) is 57.2 Å². The third-order valence-electron chi connectivity index (χ3n) is 5.27. The number of hydrogen-bond acceptors (Lipinski definition) is 6. The van der Waals surface area contributed by atoms with Crippen LogP contribution in [0.4, 0.5) is 0 Å². The molecule has 3 heterocycles. The number of carbonyl (C=O) groups excluding carboxylic acids is 1. The number of thiophene rings is 1. The van der Waals surface area contributed by atoms with Crippen LogP contribution in [0, 0.1) is 0 Å². The zero-order valence-corrected chi connectivity index (χ0v) is 17.4. The van der Waals surface area contributed by atoms with Gasteiger partial charge in [-0.1, -0.05) is 12.1 Å². The lowest BCUT2D eigenvalue weighted by molar-refractivity contribution is -0.131. The molecule has 1 aromatic heterocycles. The fourth-order valence-electron chi connectivity index (χ4n) is 3.77. The first-order chi connectivity index (χ1) is 14.7. The van der Waals surface area contributed by atoms with Gasteiger partial charge in [0.05, 0.1) is 20.1 Å². The van der Waals surface area contributed by atoms with Crippen LogP contribution in [-0.2, 0) is 17.8 Å². The van der Waals surface area contributed by atoms with Crippen molar-refractivity contribution in [1.82, 2.24) is 4.90 Å². The molecule has 7 heteroatoms. The number of benzene rings is 2. The average Bonchev–Trinajstić information content (AvgIpc) is 3.41. The molecule has 1 amide bonds. The Bertz CT molecular complexity index is 1080. The van der Waals surface area contributed by atoms with E-state index >= 15 is 0 Å². The highest BCUT2D eigenvalue weighted by Crippen LogP contribution is 2.39. The summed E-state index contributed by atoms with van der Waals surface area (Å²) in [5.74, 6) is 2.87. The number of methoxy groups -OCH3 is 1. The predicted molar refractivity (Wildman–Crippen MR) is 113 cm³/mol. The van der Waals surface area contributed by atoms with Gasteiger partial charge in [0, 0.05) is 17.0 Å². The molecular weight excluding hydrogens is 402 g/mol. The summed E-state index contributed by atoms with van der Waals surface area (Å²) in [6.07, 6.45) is 0.299. The summed E-state index contributed by atoms with van der Waals surface area (Å²) >= 11 is 1.67. The molecule has 0 saturated carbocycles. The van der Waals surface area contributed by atoms with E-state index in [0.29, 0.717) is 37.6 Å². The van der Waals surface area contributed by atoms with Crippen LogP contribution < -0.4 is 18.9 Å². The van der Waals surface area contributed by atoms with Crippen LogP contribution in [0.2, 0.25) is 0 Å². The molecule has 5 rings (SSSR count). The van der Waals surface area contributed by atoms with E-state index in [1.54, 1.807) is 18.4 Å². The van der Waals surface area contributed by atoms with E-state index in [-0.39, 0.29) is 12.7 Å². The predicted octanol–water partition coefficient (Wildman–Crippen LogP) is 4.12. The minimum Gasteiger partial charge on any atom is -0.493 e. The van der Waals surface area contributed by atoms with E-state index in [4.69, 9.17) is 18.9 Å². The van der Waals surface area contributed by atoms with Crippen molar-refractivity contribution in [3.05, 3.63) is 59.0 Å². The normalized spacial score (nSPS) is 14.6. The maximum atomic E-state index is 13.1. The summed E-state index contributed by atoms with van der Waals surface area (Å²) in [4.78, 5) is 16.1. The maximum absolute atomic E-state index is 13.1. The second-order valence-electron chi connectivity index (χ2n) is 7.17. The van der Waals surface area contributed by atoms with Gasteiger partial charge in [-0.05, 0) is 46.8 Å². The fraction of sp³-hybridized carbons (Fsp3) is 0.261. The molecule has 0 fully saturated rings. The number of hydrogen-bond donors (Lipinski definition) is 0. The first-order valence-electron chi connectivity index (χ1n) is 9.75. The number of fused-ring (bicyclic) bond motifs is 2. The zero-order chi connectivity index (χ0) is 20.5. The number of ether oxygens (including phenoxy) is 4. The quantitative estimate of drug-likeness (QED) is 0.632. The Balaban J connectivity index is 1.40. The van der Waals surface area contributed by atoms with Gasteiger partial charge in [-0.2, -0.15) is 0 Å². The molecule has 30 heavy (non-hydrogen) atoms. The van der Waals surface area contributed by atoms with Gasteiger partial charge in [0.15, 0.2) is 23.0 Å². The molecule has 0 aliphatic carbocycles. The Morgan fingerprint density at radius 3 is 2.87 bits per heavy atom. The van der Waals surface area contributed by atoms with Gasteiger partial charge >= 0.3 is 0 Å². The Labute approximate surface area is 178 Å². The van der Waals surface area contributed by atoms with Crippen molar-refractivity contribution in [3.63, 3.8) is 0 Å². The molecule has 0 atom stereocenters. The largest absolute Gasteiger partial charge is 0.493 e. The molecule has 3 aromatic rings. The third kappa shape index (κ3) is 3.57. The van der Waals surface area contributed by atoms with E-state index in [9.17, 15) is 4.79 Å². The SMILES string of the molecule is COc1cc(-c2cccs2)cc2c1OCCN(C(=O)Cc1ccc3c(c1)OCO3)C2. The van der Waals surface area contributed by atoms with Crippen molar-refractivity contribution >= 4 is 17.2 Å². The Morgan fingerprint density at radius 1 is 1.13 bits per heavy atom. The van der Waals surface area contributed by atoms with Crippen LogP contribution in [0.15, 0.2) is 47.8 Å². The van der Waals surface area contributed by atoms with E-state index in [1.165, 1.54) is 0 Å². The minimum absolute atomic E-state index is 0.0470. The Hall–Kier alpha value is -3.19. The summed E-state index contributed by atoms with van der Waals surface area (Å²) in [5.41, 5.74) is 2.92. The first-order valence-corrected chi connectivity index (χ1v) is 10.6. The van der Waals surface area contributed by atoms with Crippen LogP contribution in [-0.4, -0.2) is 37.9 Å². The molecule has 0 N–H and O–H groups in total. The first kappa shape index (κ1) is 18.8. The molecule has 0 saturated heterocycles. The minimum atomic E-state index is 0.0470. The molecule has 2 aliphatic rings. The number of carbonyl (C=O) groups is 1. The maximum Gasteiger partial charge on any atom is 0.231 e. The van der Waals surface area contributed by atoms with Crippen LogP contribution in [0.1, 0.15) is 11.1 Å². The lowest BCUT2D eigenvalue weighted by Crippen LogP contribution is -2.33. The molecule has 0 radical (unpaired) electrons. The molecule has 2 aromatic carbocycles. The van der Waals surface area contributed by atoms with E-state index in [1.807, 2.05) is 40.6 Å². The van der Waals surface area contributed by atoms with Crippen molar-refractivity contribution < 1.29 is 23.7 Å². The molecule has 0 spiro atoms. The molecule has 154 valence electrons. The second kappa shape index (κ2) is 7.91. The summed E-state index contributed by atoms with van der Waals surface area (Å²) in [6.45, 7) is 1.65. The standard InChI is InChI=1S/C23H21NO5S/c1-26-20-12-16(21-3-2-8-30-21)11-17-13-24(6-7-27-23(17)20)22(25)10-15-4-5-18-19(9-15)29-14-28-18/h2-5,8-9,11-12H,6-7,10,13-14H2,1H3. The van der Waals surface area contributed by atoms with Gasteiger partial charge < -0.3 is 23.8 Å². The van der Waals surface area contributed by atoms with Crippen molar-refractivity contribution in [2.45, 2.75) is 13.0 Å². The van der Waals surface area contributed by atoms with E-state index in [2.05, 4.69) is 12.1 Å². The molecule has 2 aliphatic heterocycles. The van der Waals surface area contributed by atoms with Crippen molar-refractivity contribution in [2.24, 2.45) is 0 Å². The van der Waals surface area contributed by atoms with Gasteiger partial charge in [-0.15, -0.1) is 11.3 Å². The highest BCUT2D eigenvalue weighted by Gasteiger charge is 2.24. The van der Waals surface area contributed by atoms with E-state index in [0.717, 1.165) is 33.1 Å². The van der Waals surface area contributed by atoms with Gasteiger partial charge in [0.1, 0.15) is 6.61 Å². The second-order valence-corrected chi connectivity index (χ2v) is 8.12. The van der Waals surface area contributed by atoms with Crippen molar-refractivity contribution in [2.75, 3.05) is 27.1 Å². The number of nitrogens with zero attached hydrogens (tertiary/aromatic N) is 1. The van der Waals surface area contributed by atoms with Gasteiger partial charge in [0.25, 0.3) is 0 Å². The zero-order valence-electron chi connectivity index (χ0n) is 16.6. The Morgan fingerprint density at radius 2 is 2.03 bits per heavy atom. The fourth-order valence-corrected chi connectivity index (χ4v) is 4.49. The van der Waals surface area contributed by atoms with E-state index < -0.39 is 0 Å². The van der Waals surface area contributed by atoms with Crippen molar-refractivity contribution in [1.29, 1.82) is 0 Å². The van der Waals surface area contributed by atoms with Crippen LogP contribution in [0.3, 0.4) is 0 Å². The highest BCUT2D eigenvalue weighted by atomic mass is 32.1. The smallest absolute Gasteiger partial charge is 0.231 e. The van der Waals surface area contributed by atoms with Crippen LogP contribution in [0.5, 0.6) is 23.0 Å². The number of amides is 1. The van der Waals surface area contributed by atoms with Gasteiger partial charge in [0.2, 0.25) is 12.7 Å². The summed E-state index contributed by atoms with van der Waals surface area (Å²) in [6, 6.07) is 13.8. The van der Waals surface area contributed by atoms with Gasteiger partial charge in [-0.3, -0.25) is 4.79 Å². The summed E-state index contributed by atoms with van der Waals surface area (Å²) in [7, 11) is 1.64. The van der Waals surface area contributed by atoms with Gasteiger partial charge in [-0.25, -0.2) is 0 Å². The van der Waals surface area contributed by atoms with Crippen LogP contribution >= 0.6 is 11.3 Å². The summed E-state index contributed by atoms with van der Waals surface area (Å²) in [5, 5.41) is 2.05. The average molecular weight is 423 g/mol. The molecule has 0 unspecified atom stereocenters. The monoisotopic (exact) mass is 423 g/mol. The molecule has 0 bridgehead atoms. The van der Waals surface area contributed by atoms with Crippen LogP contribution in [0.25, 0.3) is 10.4 Å². The lowest BCUT2D eigenvalue weighted by atomic mass is 10.1. The lowest BCUT2D eigenvalue weighted by Gasteiger charge is -2.20. The molecule has 6 nitrogen and oxygen atoms in total. The third-order valence-corrected chi connectivity index (χ3v) is 6.19. The summed E-state index contributed by atoms with van der Waals surface area (Å²) < 4.78 is 22.3. The highest BCUT2D eigenvalue weighted by molar-refractivity contribution is 7.13.